The molecule has 0 bridgehead atoms. The topological polar surface area (TPSA) is 158 Å². The van der Waals surface area contributed by atoms with Gasteiger partial charge in [0.2, 0.25) is 18.7 Å². The maximum Gasteiger partial charge on any atom is 0.242 e. The van der Waals surface area contributed by atoms with Crippen molar-refractivity contribution >= 4 is 30.3 Å². The molecule has 7 N–H and O–H groups in total. The molecule has 1 fully saturated rings. The second kappa shape index (κ2) is 15.0. The van der Waals surface area contributed by atoms with Crippen LogP contribution in [0, 0.1) is 0 Å². The molecule has 0 atom stereocenters. The number of nitrogens with zero attached hydrogens (tertiary/aromatic N) is 3. The summed E-state index contributed by atoms with van der Waals surface area (Å²) in [6, 6.07) is 8.43. The summed E-state index contributed by atoms with van der Waals surface area (Å²) in [6.45, 7) is 7.45. The molecule has 2 rings (SSSR count). The van der Waals surface area contributed by atoms with Crippen LogP contribution in [-0.4, -0.2) is 85.2 Å². The first-order chi connectivity index (χ1) is 17.2. The van der Waals surface area contributed by atoms with Crippen LogP contribution in [0.3, 0.4) is 0 Å². The van der Waals surface area contributed by atoms with Gasteiger partial charge in [-0.05, 0) is 63.6 Å². The van der Waals surface area contributed by atoms with Crippen molar-refractivity contribution in [3.63, 3.8) is 0 Å². The summed E-state index contributed by atoms with van der Waals surface area (Å²) in [4.78, 5) is 42.4. The van der Waals surface area contributed by atoms with Gasteiger partial charge in [0.05, 0.1) is 12.1 Å². The summed E-state index contributed by atoms with van der Waals surface area (Å²) in [6.07, 6.45) is 6.34. The van der Waals surface area contributed by atoms with Gasteiger partial charge >= 0.3 is 0 Å². The normalized spacial score (nSPS) is 15.5. The van der Waals surface area contributed by atoms with E-state index in [1.54, 1.807) is 24.8 Å². The first-order valence-electron chi connectivity index (χ1n) is 12.2. The zero-order valence-electron chi connectivity index (χ0n) is 21.3. The molecule has 0 saturated carbocycles. The Hall–Kier alpha value is -3.28. The van der Waals surface area contributed by atoms with Crippen molar-refractivity contribution in [3.8, 4) is 0 Å². The lowest BCUT2D eigenvalue weighted by Crippen LogP contribution is -2.53. The summed E-state index contributed by atoms with van der Waals surface area (Å²) in [5.41, 5.74) is 13.0. The summed E-state index contributed by atoms with van der Waals surface area (Å²) in [5, 5.41) is 8.28. The van der Waals surface area contributed by atoms with E-state index in [2.05, 4.69) is 38.0 Å². The van der Waals surface area contributed by atoms with Crippen molar-refractivity contribution in [2.45, 2.75) is 44.8 Å². The molecule has 36 heavy (non-hydrogen) atoms. The first-order valence-corrected chi connectivity index (χ1v) is 12.2. The van der Waals surface area contributed by atoms with Crippen LogP contribution in [0.4, 0.5) is 5.69 Å². The molecular formula is C25H40N8O3. The molecule has 0 spiro atoms. The number of amides is 3. The van der Waals surface area contributed by atoms with Crippen LogP contribution in [0.5, 0.6) is 0 Å². The fourth-order valence-corrected chi connectivity index (χ4v) is 3.78. The van der Waals surface area contributed by atoms with E-state index in [9.17, 15) is 14.4 Å². The molecule has 1 saturated heterocycles. The Morgan fingerprint density at radius 1 is 1.17 bits per heavy atom. The van der Waals surface area contributed by atoms with Gasteiger partial charge in [-0.15, -0.1) is 0 Å². The Labute approximate surface area is 213 Å². The second-order valence-corrected chi connectivity index (χ2v) is 9.41. The lowest BCUT2D eigenvalue weighted by Gasteiger charge is -2.30. The Morgan fingerprint density at radius 3 is 2.47 bits per heavy atom. The summed E-state index contributed by atoms with van der Waals surface area (Å²) in [7, 11) is 0. The van der Waals surface area contributed by atoms with Crippen molar-refractivity contribution in [2.75, 3.05) is 44.6 Å². The van der Waals surface area contributed by atoms with Gasteiger partial charge in [0, 0.05) is 44.1 Å². The van der Waals surface area contributed by atoms with Crippen LogP contribution in [0.2, 0.25) is 0 Å². The van der Waals surface area contributed by atoms with Crippen molar-refractivity contribution in [2.24, 2.45) is 16.5 Å². The molecule has 1 aliphatic heterocycles. The van der Waals surface area contributed by atoms with E-state index >= 15 is 0 Å². The number of piperidine rings is 1. The molecule has 0 aromatic heterocycles. The highest BCUT2D eigenvalue weighted by Gasteiger charge is 2.27. The number of anilines is 1. The van der Waals surface area contributed by atoms with Gasteiger partial charge in [-0.1, -0.05) is 12.1 Å². The third-order valence-electron chi connectivity index (χ3n) is 5.77. The molecule has 0 unspecified atom stereocenters. The Morgan fingerprint density at radius 2 is 1.86 bits per heavy atom. The summed E-state index contributed by atoms with van der Waals surface area (Å²) < 4.78 is 0. The lowest BCUT2D eigenvalue weighted by molar-refractivity contribution is -0.135. The summed E-state index contributed by atoms with van der Waals surface area (Å²) >= 11 is 0. The second-order valence-electron chi connectivity index (χ2n) is 9.41. The van der Waals surface area contributed by atoms with E-state index in [4.69, 9.17) is 11.5 Å². The van der Waals surface area contributed by atoms with Gasteiger partial charge in [0.25, 0.3) is 0 Å². The van der Waals surface area contributed by atoms with Crippen LogP contribution in [0.1, 0.15) is 32.3 Å². The SMILES string of the molecule is CC(C)(N)C(=O)N(CCN=C(/C=C\NC=O)Nc1ccc(CN2CCC(N)CC2)cc1)CCNC=O. The third kappa shape index (κ3) is 10.5. The monoisotopic (exact) mass is 500 g/mol. The average molecular weight is 501 g/mol. The predicted molar refractivity (Wildman–Crippen MR) is 142 cm³/mol. The molecule has 198 valence electrons. The number of benzene rings is 1. The Balaban J connectivity index is 2.02. The van der Waals surface area contributed by atoms with Crippen molar-refractivity contribution in [1.29, 1.82) is 0 Å². The number of nitrogens with two attached hydrogens (primary N) is 2. The molecule has 11 heteroatoms. The average Bonchev–Trinajstić information content (AvgIpc) is 2.84. The molecule has 0 radical (unpaired) electrons. The highest BCUT2D eigenvalue weighted by Crippen LogP contribution is 2.15. The lowest BCUT2D eigenvalue weighted by atomic mass is 10.1. The van der Waals surface area contributed by atoms with E-state index in [0.717, 1.165) is 38.2 Å². The molecule has 3 amide bonds. The van der Waals surface area contributed by atoms with E-state index in [-0.39, 0.29) is 5.91 Å². The molecular weight excluding hydrogens is 460 g/mol. The number of nitrogens with one attached hydrogen (secondary N) is 3. The zero-order chi connectivity index (χ0) is 26.4. The van der Waals surface area contributed by atoms with Gasteiger partial charge in [0.1, 0.15) is 5.84 Å². The van der Waals surface area contributed by atoms with Gasteiger partial charge in [-0.2, -0.15) is 0 Å². The standard InChI is InChI=1S/C25H40N8O3/c1-25(2,27)24(36)33(15-11-29-19-35)16-12-30-23(7-10-28-18-34)31-22-5-3-20(4-6-22)17-32-13-8-21(26)9-14-32/h3-7,10,18-19,21H,8-9,11-17,26-27H2,1-2H3,(H,28,34)(H,29,35)(H,30,31)/b10-7-. The number of rotatable bonds is 14. The molecule has 0 aliphatic carbocycles. The number of hydrogen-bond donors (Lipinski definition) is 5. The largest absolute Gasteiger partial charge is 0.357 e. The van der Waals surface area contributed by atoms with Crippen LogP contribution in [-0.2, 0) is 20.9 Å². The minimum absolute atomic E-state index is 0.232. The van der Waals surface area contributed by atoms with Crippen LogP contribution in [0.15, 0.2) is 41.5 Å². The molecule has 1 aliphatic rings. The molecule has 1 aromatic rings. The maximum atomic E-state index is 12.7. The number of aliphatic imine (C=N–C) groups is 1. The highest BCUT2D eigenvalue weighted by atomic mass is 16.2. The Kier molecular flexibility index (Phi) is 12.0. The van der Waals surface area contributed by atoms with E-state index in [1.165, 1.54) is 11.8 Å². The quantitative estimate of drug-likeness (QED) is 0.104. The van der Waals surface area contributed by atoms with Crippen molar-refractivity contribution in [1.82, 2.24) is 20.4 Å². The fraction of sp³-hybridized carbons (Fsp3) is 0.520. The van der Waals surface area contributed by atoms with Gasteiger partial charge < -0.3 is 32.3 Å². The number of carbonyl (C=O) groups is 3. The van der Waals surface area contributed by atoms with E-state index in [0.29, 0.717) is 50.9 Å². The molecule has 1 heterocycles. The van der Waals surface area contributed by atoms with Crippen molar-refractivity contribution in [3.05, 3.63) is 42.1 Å². The van der Waals surface area contributed by atoms with Gasteiger partial charge in [0.15, 0.2) is 0 Å². The molecule has 11 nitrogen and oxygen atoms in total. The number of hydrogen-bond acceptors (Lipinski definition) is 7. The minimum atomic E-state index is -1.04. The van der Waals surface area contributed by atoms with E-state index < -0.39 is 5.54 Å². The first kappa shape index (κ1) is 29.0. The van der Waals surface area contributed by atoms with Crippen LogP contribution < -0.4 is 27.4 Å². The number of amidine groups is 1. The third-order valence-corrected chi connectivity index (χ3v) is 5.77. The van der Waals surface area contributed by atoms with Gasteiger partial charge in [-0.25, -0.2) is 0 Å². The highest BCUT2D eigenvalue weighted by molar-refractivity contribution is 6.03. The molecule has 1 aromatic carbocycles. The predicted octanol–water partition coefficient (Wildman–Crippen LogP) is -0.00830. The maximum absolute atomic E-state index is 12.7. The Bertz CT molecular complexity index is 888. The summed E-state index contributed by atoms with van der Waals surface area (Å²) in [5.74, 6) is 0.289. The van der Waals surface area contributed by atoms with Gasteiger partial charge in [-0.3, -0.25) is 24.3 Å². The van der Waals surface area contributed by atoms with Crippen molar-refractivity contribution < 1.29 is 14.4 Å². The van der Waals surface area contributed by atoms with Crippen LogP contribution >= 0.6 is 0 Å². The fourth-order valence-electron chi connectivity index (χ4n) is 3.78. The smallest absolute Gasteiger partial charge is 0.242 e. The number of carbonyl (C=O) groups excluding carboxylic acids is 3. The van der Waals surface area contributed by atoms with E-state index in [1.807, 2.05) is 12.1 Å². The zero-order valence-corrected chi connectivity index (χ0v) is 21.3. The number of likely N-dealkylation sites (tertiary alicyclic amines) is 1. The minimum Gasteiger partial charge on any atom is -0.357 e. The van der Waals surface area contributed by atoms with Crippen LogP contribution in [0.25, 0.3) is 0 Å².